The average Bonchev–Trinajstić information content (AvgIpc) is 2.75. The van der Waals surface area contributed by atoms with E-state index in [0.29, 0.717) is 18.3 Å². The first-order valence-corrected chi connectivity index (χ1v) is 11.0. The number of halogens is 2. The zero-order valence-corrected chi connectivity index (χ0v) is 18.4. The lowest BCUT2D eigenvalue weighted by Gasteiger charge is -2.49. The summed E-state index contributed by atoms with van der Waals surface area (Å²) < 4.78 is 6.15. The molecule has 1 unspecified atom stereocenters. The molecule has 2 aromatic carbocycles. The molecule has 1 aliphatic heterocycles. The third-order valence-electron chi connectivity index (χ3n) is 6.47. The molecule has 0 bridgehead atoms. The largest absolute Gasteiger partial charge is 0.489 e. The zero-order chi connectivity index (χ0) is 20.7. The Bertz CT molecular complexity index is 1090. The minimum absolute atomic E-state index is 0.131. The molecule has 0 saturated heterocycles. The first-order chi connectivity index (χ1) is 14.5. The van der Waals surface area contributed by atoms with Crippen LogP contribution in [-0.4, -0.2) is 21.9 Å². The van der Waals surface area contributed by atoms with E-state index < -0.39 is 0 Å². The Kier molecular flexibility index (Phi) is 5.18. The summed E-state index contributed by atoms with van der Waals surface area (Å²) in [6.07, 6.45) is 4.07. The molecule has 0 radical (unpaired) electrons. The molecule has 1 aromatic heterocycles. The molecule has 1 aliphatic carbocycles. The van der Waals surface area contributed by atoms with Crippen molar-refractivity contribution < 1.29 is 4.74 Å². The second-order valence-electron chi connectivity index (χ2n) is 8.22. The molecule has 2 aliphatic rings. The highest BCUT2D eigenvalue weighted by Crippen LogP contribution is 2.47. The van der Waals surface area contributed by atoms with Gasteiger partial charge in [-0.15, -0.1) is 0 Å². The number of nitrogens with zero attached hydrogens (tertiary/aromatic N) is 3. The maximum atomic E-state index is 6.38. The fourth-order valence-corrected chi connectivity index (χ4v) is 5.38. The van der Waals surface area contributed by atoms with Crippen LogP contribution < -0.4 is 4.74 Å². The summed E-state index contributed by atoms with van der Waals surface area (Å²) in [6, 6.07) is 16.8. The van der Waals surface area contributed by atoms with Gasteiger partial charge in [0.15, 0.2) is 0 Å². The van der Waals surface area contributed by atoms with Gasteiger partial charge in [-0.3, -0.25) is 4.90 Å². The van der Waals surface area contributed by atoms with Gasteiger partial charge in [0.1, 0.15) is 17.5 Å². The van der Waals surface area contributed by atoms with E-state index in [-0.39, 0.29) is 10.8 Å². The number of ether oxygens (including phenoxy) is 1. The van der Waals surface area contributed by atoms with Crippen molar-refractivity contribution in [1.82, 2.24) is 14.9 Å². The number of aryl methyl sites for hydroxylation is 1. The van der Waals surface area contributed by atoms with Gasteiger partial charge in [-0.1, -0.05) is 48.0 Å². The lowest BCUT2D eigenvalue weighted by atomic mass is 9.71. The Morgan fingerprint density at radius 2 is 1.93 bits per heavy atom. The molecule has 0 amide bonds. The molecule has 6 heteroatoms. The highest BCUT2D eigenvalue weighted by Gasteiger charge is 2.44. The van der Waals surface area contributed by atoms with Crippen LogP contribution in [0.4, 0.5) is 0 Å². The summed E-state index contributed by atoms with van der Waals surface area (Å²) in [7, 11) is 2.17. The van der Waals surface area contributed by atoms with Crippen molar-refractivity contribution >= 4 is 23.2 Å². The highest BCUT2D eigenvalue weighted by atomic mass is 35.5. The van der Waals surface area contributed by atoms with Crippen LogP contribution >= 0.6 is 23.2 Å². The molecule has 5 rings (SSSR count). The van der Waals surface area contributed by atoms with E-state index in [1.807, 2.05) is 18.2 Å². The molecule has 3 aromatic rings. The number of likely N-dealkylation sites (N-methyl/N-ethyl adjacent to an activating group) is 1. The molecule has 0 N–H and O–H groups in total. The van der Waals surface area contributed by atoms with Gasteiger partial charge >= 0.3 is 0 Å². The molecule has 154 valence electrons. The number of hydrogen-bond donors (Lipinski definition) is 0. The van der Waals surface area contributed by atoms with Gasteiger partial charge in [0, 0.05) is 18.5 Å². The van der Waals surface area contributed by atoms with Crippen molar-refractivity contribution in [2.75, 3.05) is 7.05 Å². The van der Waals surface area contributed by atoms with Crippen LogP contribution in [0.3, 0.4) is 0 Å². The van der Waals surface area contributed by atoms with E-state index in [9.17, 15) is 0 Å². The van der Waals surface area contributed by atoms with Crippen LogP contribution in [0.1, 0.15) is 40.8 Å². The van der Waals surface area contributed by atoms with E-state index >= 15 is 0 Å². The fraction of sp³-hybridized carbons (Fsp3) is 0.333. The van der Waals surface area contributed by atoms with E-state index in [4.69, 9.17) is 27.9 Å². The van der Waals surface area contributed by atoms with Crippen LogP contribution in [0, 0.1) is 0 Å². The minimum Gasteiger partial charge on any atom is -0.489 e. The Morgan fingerprint density at radius 1 is 1.10 bits per heavy atom. The molecule has 30 heavy (non-hydrogen) atoms. The molecule has 0 saturated carbocycles. The first kappa shape index (κ1) is 19.8. The standard InChI is InChI=1S/C24H23Cl2N3O/c1-29-14-19-21(27-23(26)28-22(19)25)13-24(29)11-5-8-17-9-10-18(12-20(17)24)30-15-16-6-3-2-4-7-16/h2-4,6-7,9-10,12H,5,8,11,13-15H2,1H3. The number of benzene rings is 2. The Morgan fingerprint density at radius 3 is 2.77 bits per heavy atom. The second kappa shape index (κ2) is 7.84. The summed E-state index contributed by atoms with van der Waals surface area (Å²) >= 11 is 12.5. The van der Waals surface area contributed by atoms with Crippen LogP contribution in [0.2, 0.25) is 10.4 Å². The van der Waals surface area contributed by atoms with Gasteiger partial charge in [-0.25, -0.2) is 9.97 Å². The first-order valence-electron chi connectivity index (χ1n) is 10.3. The summed E-state index contributed by atoms with van der Waals surface area (Å²) in [5, 5.41) is 0.678. The van der Waals surface area contributed by atoms with E-state index in [1.165, 1.54) is 11.1 Å². The van der Waals surface area contributed by atoms with Gasteiger partial charge in [0.25, 0.3) is 0 Å². The molecular weight excluding hydrogens is 417 g/mol. The predicted octanol–water partition coefficient (Wildman–Crippen LogP) is 5.58. The van der Waals surface area contributed by atoms with Crippen LogP contribution in [-0.2, 0) is 31.5 Å². The molecule has 0 fully saturated rings. The van der Waals surface area contributed by atoms with Crippen molar-refractivity contribution in [2.24, 2.45) is 0 Å². The normalized spacial score (nSPS) is 20.6. The summed E-state index contributed by atoms with van der Waals surface area (Å²) in [5.41, 5.74) is 5.69. The van der Waals surface area contributed by atoms with Crippen molar-refractivity contribution in [3.63, 3.8) is 0 Å². The minimum atomic E-state index is -0.131. The van der Waals surface area contributed by atoms with Gasteiger partial charge in [-0.05, 0) is 66.7 Å². The van der Waals surface area contributed by atoms with Crippen molar-refractivity contribution in [3.8, 4) is 5.75 Å². The Labute approximate surface area is 186 Å². The Balaban J connectivity index is 1.50. The Hall–Kier alpha value is -2.14. The van der Waals surface area contributed by atoms with Crippen molar-refractivity contribution in [1.29, 1.82) is 0 Å². The van der Waals surface area contributed by atoms with Crippen molar-refractivity contribution in [3.05, 3.63) is 86.9 Å². The van der Waals surface area contributed by atoms with E-state index in [1.54, 1.807) is 0 Å². The topological polar surface area (TPSA) is 38.2 Å². The van der Waals surface area contributed by atoms with Gasteiger partial charge in [0.05, 0.1) is 11.2 Å². The lowest BCUT2D eigenvalue weighted by Crippen LogP contribution is -2.50. The van der Waals surface area contributed by atoms with E-state index in [0.717, 1.165) is 48.3 Å². The quantitative estimate of drug-likeness (QED) is 0.394. The number of rotatable bonds is 3. The summed E-state index contributed by atoms with van der Waals surface area (Å²) in [5.74, 6) is 0.900. The SMILES string of the molecule is CN1Cc2c(Cl)nc(Cl)nc2CC12CCCc1ccc(OCc3ccccc3)cc12. The lowest BCUT2D eigenvalue weighted by molar-refractivity contribution is 0.0725. The maximum absolute atomic E-state index is 6.38. The summed E-state index contributed by atoms with van der Waals surface area (Å²) in [4.78, 5) is 11.1. The van der Waals surface area contributed by atoms with Crippen LogP contribution in [0.5, 0.6) is 5.75 Å². The fourth-order valence-electron chi connectivity index (χ4n) is 4.90. The number of aromatic nitrogens is 2. The van der Waals surface area contributed by atoms with Gasteiger partial charge in [-0.2, -0.15) is 0 Å². The predicted molar refractivity (Wildman–Crippen MR) is 119 cm³/mol. The molecule has 4 nitrogen and oxygen atoms in total. The smallest absolute Gasteiger partial charge is 0.224 e. The third kappa shape index (κ3) is 3.47. The number of fused-ring (bicyclic) bond motifs is 3. The highest BCUT2D eigenvalue weighted by molar-refractivity contribution is 6.32. The van der Waals surface area contributed by atoms with E-state index in [2.05, 4.69) is 52.2 Å². The third-order valence-corrected chi connectivity index (χ3v) is 6.95. The molecule has 1 atom stereocenters. The molecule has 1 spiro atoms. The monoisotopic (exact) mass is 439 g/mol. The number of hydrogen-bond acceptors (Lipinski definition) is 4. The van der Waals surface area contributed by atoms with Crippen molar-refractivity contribution in [2.45, 2.75) is 44.4 Å². The average molecular weight is 440 g/mol. The second-order valence-corrected chi connectivity index (χ2v) is 8.92. The molecular formula is C24H23Cl2N3O. The van der Waals surface area contributed by atoms with Gasteiger partial charge in [0.2, 0.25) is 5.28 Å². The maximum Gasteiger partial charge on any atom is 0.224 e. The summed E-state index contributed by atoms with van der Waals surface area (Å²) in [6.45, 7) is 1.27. The zero-order valence-electron chi connectivity index (χ0n) is 16.9. The molecule has 2 heterocycles. The van der Waals surface area contributed by atoms with Crippen LogP contribution in [0.25, 0.3) is 0 Å². The van der Waals surface area contributed by atoms with Crippen LogP contribution in [0.15, 0.2) is 48.5 Å². The van der Waals surface area contributed by atoms with Gasteiger partial charge < -0.3 is 4.74 Å².